The van der Waals surface area contributed by atoms with Crippen LogP contribution in [0.5, 0.6) is 0 Å². The minimum absolute atomic E-state index is 0.0402. The van der Waals surface area contributed by atoms with Crippen LogP contribution >= 0.6 is 15.9 Å². The fourth-order valence-corrected chi connectivity index (χ4v) is 1.90. The number of aromatic carboxylic acids is 1. The molecule has 2 N–H and O–H groups in total. The molecule has 0 saturated carbocycles. The lowest BCUT2D eigenvalue weighted by Gasteiger charge is -2.19. The number of nitrogens with one attached hydrogen (secondary N) is 1. The van der Waals surface area contributed by atoms with E-state index in [0.29, 0.717) is 17.6 Å². The fraction of sp³-hybridized carbons (Fsp3) is 0.429. The molecule has 0 saturated heterocycles. The van der Waals surface area contributed by atoms with Gasteiger partial charge in [0.25, 0.3) is 0 Å². The highest BCUT2D eigenvalue weighted by Crippen LogP contribution is 2.21. The largest absolute Gasteiger partial charge is 0.478 e. The Morgan fingerprint density at radius 2 is 2.10 bits per heavy atom. The Morgan fingerprint density at radius 1 is 1.43 bits per heavy atom. The Hall–Kier alpha value is -1.60. The van der Waals surface area contributed by atoms with Crippen molar-refractivity contribution in [3.05, 3.63) is 28.2 Å². The molecule has 0 spiro atoms. The molecule has 21 heavy (non-hydrogen) atoms. The van der Waals surface area contributed by atoms with Gasteiger partial charge in [0.1, 0.15) is 0 Å². The Labute approximate surface area is 132 Å². The molecule has 0 aliphatic rings. The lowest BCUT2D eigenvalue weighted by molar-refractivity contribution is 0.0687. The molecule has 2 amide bonds. The van der Waals surface area contributed by atoms with Crippen molar-refractivity contribution in [2.24, 2.45) is 0 Å². The van der Waals surface area contributed by atoms with E-state index in [1.807, 2.05) is 13.8 Å². The molecule has 1 rings (SSSR count). The molecule has 7 heteroatoms. The molecular weight excluding hydrogens is 340 g/mol. The van der Waals surface area contributed by atoms with Crippen LogP contribution in [0.3, 0.4) is 0 Å². The Morgan fingerprint density at radius 3 is 2.67 bits per heavy atom. The number of nitrogens with zero attached hydrogens (tertiary/aromatic N) is 1. The number of rotatable bonds is 6. The number of ether oxygens (including phenoxy) is 1. The summed E-state index contributed by atoms with van der Waals surface area (Å²) in [6, 6.07) is 4.21. The van der Waals surface area contributed by atoms with Gasteiger partial charge in [-0.25, -0.2) is 9.59 Å². The van der Waals surface area contributed by atoms with Crippen molar-refractivity contribution < 1.29 is 19.4 Å². The van der Waals surface area contributed by atoms with Crippen LogP contribution in [0.25, 0.3) is 0 Å². The average Bonchev–Trinajstić information content (AvgIpc) is 2.37. The molecule has 6 nitrogen and oxygen atoms in total. The van der Waals surface area contributed by atoms with Crippen LogP contribution < -0.4 is 5.32 Å². The fourth-order valence-electron chi connectivity index (χ4n) is 1.54. The van der Waals surface area contributed by atoms with Gasteiger partial charge in [-0.15, -0.1) is 0 Å². The second-order valence-electron chi connectivity index (χ2n) is 4.77. The molecule has 0 unspecified atom stereocenters. The van der Waals surface area contributed by atoms with Crippen molar-refractivity contribution in [2.75, 3.05) is 25.5 Å². The maximum atomic E-state index is 12.0. The highest BCUT2D eigenvalue weighted by atomic mass is 79.9. The molecule has 0 aliphatic heterocycles. The summed E-state index contributed by atoms with van der Waals surface area (Å²) in [5.74, 6) is -1.09. The second kappa shape index (κ2) is 7.99. The first kappa shape index (κ1) is 17.5. The third-order valence-electron chi connectivity index (χ3n) is 2.68. The van der Waals surface area contributed by atoms with E-state index in [1.165, 1.54) is 11.0 Å². The monoisotopic (exact) mass is 358 g/mol. The van der Waals surface area contributed by atoms with Crippen LogP contribution in [0, 0.1) is 0 Å². The van der Waals surface area contributed by atoms with Gasteiger partial charge < -0.3 is 20.1 Å². The molecule has 0 radical (unpaired) electrons. The van der Waals surface area contributed by atoms with Crippen LogP contribution in [-0.4, -0.2) is 48.3 Å². The summed E-state index contributed by atoms with van der Waals surface area (Å²) in [6.45, 7) is 4.67. The predicted molar refractivity (Wildman–Crippen MR) is 83.8 cm³/mol. The van der Waals surface area contributed by atoms with Gasteiger partial charge >= 0.3 is 12.0 Å². The number of urea groups is 1. The highest BCUT2D eigenvalue weighted by molar-refractivity contribution is 9.10. The van der Waals surface area contributed by atoms with Gasteiger partial charge in [-0.05, 0) is 32.0 Å². The van der Waals surface area contributed by atoms with Gasteiger partial charge in [0.2, 0.25) is 0 Å². The molecule has 0 fully saturated rings. The lowest BCUT2D eigenvalue weighted by Crippen LogP contribution is -2.34. The zero-order valence-electron chi connectivity index (χ0n) is 12.2. The molecule has 0 atom stereocenters. The molecule has 1 aromatic carbocycles. The molecule has 0 aliphatic carbocycles. The molecule has 0 heterocycles. The van der Waals surface area contributed by atoms with Gasteiger partial charge in [-0.3, -0.25) is 0 Å². The predicted octanol–water partition coefficient (Wildman–Crippen LogP) is 3.04. The Kier molecular flexibility index (Phi) is 6.64. The minimum atomic E-state index is -1.09. The first-order valence-corrected chi connectivity index (χ1v) is 7.27. The van der Waals surface area contributed by atoms with E-state index in [4.69, 9.17) is 9.84 Å². The zero-order chi connectivity index (χ0) is 16.0. The Bertz CT molecular complexity index is 520. The summed E-state index contributed by atoms with van der Waals surface area (Å²) in [5.41, 5.74) is 0.289. The molecule has 1 aromatic rings. The zero-order valence-corrected chi connectivity index (χ0v) is 13.8. The molecule has 0 bridgehead atoms. The summed E-state index contributed by atoms with van der Waals surface area (Å²) < 4.78 is 6.06. The van der Waals surface area contributed by atoms with E-state index in [2.05, 4.69) is 21.2 Å². The highest BCUT2D eigenvalue weighted by Gasteiger charge is 2.15. The number of carbonyl (C=O) groups is 2. The van der Waals surface area contributed by atoms with Crippen molar-refractivity contribution >= 4 is 33.6 Å². The molecule has 0 aromatic heterocycles. The smallest absolute Gasteiger partial charge is 0.337 e. The maximum Gasteiger partial charge on any atom is 0.337 e. The van der Waals surface area contributed by atoms with Crippen LogP contribution in [0.1, 0.15) is 24.2 Å². The van der Waals surface area contributed by atoms with Crippen molar-refractivity contribution in [3.8, 4) is 0 Å². The van der Waals surface area contributed by atoms with Gasteiger partial charge in [0.15, 0.2) is 0 Å². The van der Waals surface area contributed by atoms with Crippen LogP contribution in [0.4, 0.5) is 10.5 Å². The maximum absolute atomic E-state index is 12.0. The number of carboxylic acids is 1. The van der Waals surface area contributed by atoms with E-state index in [9.17, 15) is 9.59 Å². The van der Waals surface area contributed by atoms with Crippen molar-refractivity contribution in [3.63, 3.8) is 0 Å². The summed E-state index contributed by atoms with van der Waals surface area (Å²) in [7, 11) is 1.62. The summed E-state index contributed by atoms with van der Waals surface area (Å²) in [6.07, 6.45) is 0.102. The molecule has 116 valence electrons. The van der Waals surface area contributed by atoms with Crippen LogP contribution in [0.15, 0.2) is 22.7 Å². The standard InChI is InChI=1S/C14H19BrN2O4/c1-9(2)21-7-6-17(3)14(20)16-12-8-10(15)4-5-11(12)13(18)19/h4-5,8-9H,6-7H2,1-3H3,(H,16,20)(H,18,19). The number of halogens is 1. The molecular formula is C14H19BrN2O4. The van der Waals surface area contributed by atoms with E-state index < -0.39 is 5.97 Å². The van der Waals surface area contributed by atoms with E-state index in [0.717, 1.165) is 0 Å². The number of benzene rings is 1. The minimum Gasteiger partial charge on any atom is -0.478 e. The van der Waals surface area contributed by atoms with Crippen molar-refractivity contribution in [1.82, 2.24) is 4.90 Å². The van der Waals surface area contributed by atoms with Gasteiger partial charge in [0.05, 0.1) is 24.0 Å². The number of carboxylic acid groups (broad SMARTS) is 1. The van der Waals surface area contributed by atoms with Crippen molar-refractivity contribution in [2.45, 2.75) is 20.0 Å². The second-order valence-corrected chi connectivity index (χ2v) is 5.68. The Balaban J connectivity index is 2.69. The quantitative estimate of drug-likeness (QED) is 0.818. The lowest BCUT2D eigenvalue weighted by atomic mass is 10.2. The number of hydrogen-bond donors (Lipinski definition) is 2. The van der Waals surface area contributed by atoms with Gasteiger partial charge in [-0.1, -0.05) is 15.9 Å². The third-order valence-corrected chi connectivity index (χ3v) is 3.17. The number of carbonyl (C=O) groups excluding carboxylic acids is 1. The number of amides is 2. The van der Waals surface area contributed by atoms with Gasteiger partial charge in [0, 0.05) is 18.1 Å². The summed E-state index contributed by atoms with van der Waals surface area (Å²) in [4.78, 5) is 24.6. The normalized spacial score (nSPS) is 10.5. The summed E-state index contributed by atoms with van der Waals surface area (Å²) >= 11 is 3.25. The van der Waals surface area contributed by atoms with E-state index in [-0.39, 0.29) is 23.4 Å². The number of hydrogen-bond acceptors (Lipinski definition) is 3. The van der Waals surface area contributed by atoms with Crippen molar-refractivity contribution in [1.29, 1.82) is 0 Å². The average molecular weight is 359 g/mol. The SMILES string of the molecule is CC(C)OCCN(C)C(=O)Nc1cc(Br)ccc1C(=O)O. The summed E-state index contributed by atoms with van der Waals surface area (Å²) in [5, 5.41) is 11.7. The first-order valence-electron chi connectivity index (χ1n) is 6.47. The number of likely N-dealkylation sites (N-methyl/N-ethyl adjacent to an activating group) is 1. The van der Waals surface area contributed by atoms with E-state index >= 15 is 0 Å². The topological polar surface area (TPSA) is 78.9 Å². The first-order chi connectivity index (χ1) is 9.81. The van der Waals surface area contributed by atoms with Gasteiger partial charge in [-0.2, -0.15) is 0 Å². The van der Waals surface area contributed by atoms with Crippen LogP contribution in [-0.2, 0) is 4.74 Å². The van der Waals surface area contributed by atoms with Crippen LogP contribution in [0.2, 0.25) is 0 Å². The number of anilines is 1. The third kappa shape index (κ3) is 5.73. The van der Waals surface area contributed by atoms with E-state index in [1.54, 1.807) is 19.2 Å².